The average molecular weight is 364 g/mol. The Hall–Kier alpha value is -2.10. The molecule has 7 heteroatoms. The maximum absolute atomic E-state index is 12.6. The Morgan fingerprint density at radius 2 is 2.17 bits per heavy atom. The van der Waals surface area contributed by atoms with Crippen molar-refractivity contribution < 1.29 is 9.53 Å². The number of benzene rings is 1. The van der Waals surface area contributed by atoms with Crippen LogP contribution in [0, 0.1) is 11.3 Å². The summed E-state index contributed by atoms with van der Waals surface area (Å²) in [7, 11) is 1.49. The van der Waals surface area contributed by atoms with Crippen LogP contribution in [0.4, 0.5) is 0 Å². The van der Waals surface area contributed by atoms with Crippen LogP contribution in [0.5, 0.6) is 5.75 Å². The number of aromatic nitrogens is 1. The summed E-state index contributed by atoms with van der Waals surface area (Å²) < 4.78 is 7.72. The molecule has 126 valence electrons. The third-order valence-corrected chi connectivity index (χ3v) is 4.87. The molecule has 1 aromatic heterocycles. The van der Waals surface area contributed by atoms with Gasteiger partial charge in [0.2, 0.25) is 0 Å². The Bertz CT molecular complexity index is 869. The number of carbonyl (C=O) groups excluding carboxylic acids is 1. The van der Waals surface area contributed by atoms with E-state index in [4.69, 9.17) is 21.6 Å². The standard InChI is InChI=1S/C17H18ClN3O2S/c1-17(2,3)21-10-11(7-8-19)16(24-21)20-15(22)13-9-12(18)5-6-14(13)23-4/h5-6,9-10H,7H2,1-4H3/b20-16-. The molecule has 5 nitrogen and oxygen atoms in total. The van der Waals surface area contributed by atoms with E-state index in [1.165, 1.54) is 24.7 Å². The first-order chi connectivity index (χ1) is 11.3. The van der Waals surface area contributed by atoms with E-state index in [1.807, 2.05) is 30.9 Å². The van der Waals surface area contributed by atoms with Crippen LogP contribution in [0.15, 0.2) is 29.4 Å². The fourth-order valence-corrected chi connectivity index (χ4v) is 3.18. The molecule has 0 fully saturated rings. The van der Waals surface area contributed by atoms with Crippen molar-refractivity contribution in [3.8, 4) is 11.8 Å². The third kappa shape index (κ3) is 4.05. The number of rotatable bonds is 3. The lowest BCUT2D eigenvalue weighted by atomic mass is 10.1. The van der Waals surface area contributed by atoms with Gasteiger partial charge in [-0.1, -0.05) is 11.6 Å². The lowest BCUT2D eigenvalue weighted by Gasteiger charge is -2.19. The Morgan fingerprint density at radius 1 is 1.46 bits per heavy atom. The fraction of sp³-hybridized carbons (Fsp3) is 0.353. The van der Waals surface area contributed by atoms with Crippen molar-refractivity contribution in [2.75, 3.05) is 7.11 Å². The molecule has 0 aliphatic heterocycles. The Labute approximate surface area is 149 Å². The van der Waals surface area contributed by atoms with Gasteiger partial charge in [-0.3, -0.25) is 8.75 Å². The highest BCUT2D eigenvalue weighted by atomic mass is 35.5. The summed E-state index contributed by atoms with van der Waals surface area (Å²) in [6.07, 6.45) is 2.06. The van der Waals surface area contributed by atoms with E-state index in [2.05, 4.69) is 11.1 Å². The number of nitrogens with zero attached hydrogens (tertiary/aromatic N) is 3. The largest absolute Gasteiger partial charge is 0.496 e. The highest BCUT2D eigenvalue weighted by molar-refractivity contribution is 7.04. The first kappa shape index (κ1) is 18.2. The van der Waals surface area contributed by atoms with Crippen molar-refractivity contribution >= 4 is 29.0 Å². The van der Waals surface area contributed by atoms with Crippen molar-refractivity contribution in [1.29, 1.82) is 5.26 Å². The lowest BCUT2D eigenvalue weighted by molar-refractivity contribution is 0.0996. The van der Waals surface area contributed by atoms with Crippen LogP contribution in [-0.4, -0.2) is 17.0 Å². The molecule has 1 amide bonds. The number of ether oxygens (including phenoxy) is 1. The molecule has 0 N–H and O–H groups in total. The van der Waals surface area contributed by atoms with Crippen LogP contribution in [0.1, 0.15) is 36.7 Å². The number of nitriles is 1. The molecule has 0 aliphatic carbocycles. The van der Waals surface area contributed by atoms with Crippen molar-refractivity contribution in [2.45, 2.75) is 32.7 Å². The van der Waals surface area contributed by atoms with Crippen LogP contribution in [0.3, 0.4) is 0 Å². The van der Waals surface area contributed by atoms with Gasteiger partial charge in [0.15, 0.2) is 0 Å². The quantitative estimate of drug-likeness (QED) is 0.833. The number of hydrogen-bond donors (Lipinski definition) is 0. The van der Waals surface area contributed by atoms with Gasteiger partial charge in [0.25, 0.3) is 5.91 Å². The van der Waals surface area contributed by atoms with Crippen molar-refractivity contribution in [2.24, 2.45) is 4.99 Å². The molecular weight excluding hydrogens is 346 g/mol. The summed E-state index contributed by atoms with van der Waals surface area (Å²) >= 11 is 7.32. The van der Waals surface area contributed by atoms with Crippen LogP contribution in [0.25, 0.3) is 0 Å². The highest BCUT2D eigenvalue weighted by Crippen LogP contribution is 2.23. The predicted molar refractivity (Wildman–Crippen MR) is 94.5 cm³/mol. The highest BCUT2D eigenvalue weighted by Gasteiger charge is 2.17. The first-order valence-electron chi connectivity index (χ1n) is 7.28. The van der Waals surface area contributed by atoms with Crippen molar-refractivity contribution in [1.82, 2.24) is 3.96 Å². The van der Waals surface area contributed by atoms with E-state index in [9.17, 15) is 4.79 Å². The smallest absolute Gasteiger partial charge is 0.282 e. The van der Waals surface area contributed by atoms with Crippen LogP contribution in [-0.2, 0) is 12.0 Å². The summed E-state index contributed by atoms with van der Waals surface area (Å²) in [5.74, 6) is -0.0355. The monoisotopic (exact) mass is 363 g/mol. The SMILES string of the molecule is COc1ccc(Cl)cc1C(=O)/N=c1\sn(C(C)(C)C)cc1CC#N. The zero-order chi connectivity index (χ0) is 17.9. The molecular formula is C17H18ClN3O2S. The van der Waals surface area contributed by atoms with Gasteiger partial charge in [0.1, 0.15) is 10.4 Å². The predicted octanol–water partition coefficient (Wildman–Crippen LogP) is 3.77. The number of amides is 1. The lowest BCUT2D eigenvalue weighted by Crippen LogP contribution is -2.18. The number of hydrogen-bond acceptors (Lipinski definition) is 4. The maximum Gasteiger partial charge on any atom is 0.282 e. The zero-order valence-electron chi connectivity index (χ0n) is 14.0. The van der Waals surface area contributed by atoms with E-state index in [0.29, 0.717) is 21.0 Å². The van der Waals surface area contributed by atoms with Gasteiger partial charge in [-0.25, -0.2) is 0 Å². The van der Waals surface area contributed by atoms with Gasteiger partial charge in [0, 0.05) is 22.3 Å². The van der Waals surface area contributed by atoms with Gasteiger partial charge >= 0.3 is 0 Å². The molecule has 0 atom stereocenters. The van der Waals surface area contributed by atoms with Gasteiger partial charge in [0.05, 0.1) is 25.2 Å². The number of carbonyl (C=O) groups is 1. The molecule has 0 bridgehead atoms. The average Bonchev–Trinajstić information content (AvgIpc) is 2.90. The second kappa shape index (κ2) is 7.20. The fourth-order valence-electron chi connectivity index (χ4n) is 2.00. The second-order valence-corrected chi connectivity index (χ2v) is 7.54. The molecule has 0 saturated heterocycles. The van der Waals surface area contributed by atoms with Crippen LogP contribution < -0.4 is 9.41 Å². The van der Waals surface area contributed by atoms with E-state index in [0.717, 1.165) is 5.56 Å². The molecule has 0 aliphatic rings. The van der Waals surface area contributed by atoms with E-state index >= 15 is 0 Å². The van der Waals surface area contributed by atoms with Gasteiger partial charge in [-0.2, -0.15) is 10.3 Å². The van der Waals surface area contributed by atoms with Gasteiger partial charge in [-0.15, -0.1) is 0 Å². The summed E-state index contributed by atoms with van der Waals surface area (Å²) in [6, 6.07) is 6.92. The summed E-state index contributed by atoms with van der Waals surface area (Å²) in [4.78, 5) is 16.8. The summed E-state index contributed by atoms with van der Waals surface area (Å²) in [5, 5.41) is 9.44. The second-order valence-electron chi connectivity index (χ2n) is 6.14. The molecule has 2 rings (SSSR count). The minimum atomic E-state index is -0.448. The molecule has 0 spiro atoms. The normalized spacial score (nSPS) is 12.1. The number of methoxy groups -OCH3 is 1. The minimum Gasteiger partial charge on any atom is -0.496 e. The molecule has 1 aromatic carbocycles. The molecule has 0 radical (unpaired) electrons. The summed E-state index contributed by atoms with van der Waals surface area (Å²) in [5.41, 5.74) is 0.870. The zero-order valence-corrected chi connectivity index (χ0v) is 15.5. The van der Waals surface area contributed by atoms with Crippen molar-refractivity contribution in [3.05, 3.63) is 45.2 Å². The molecule has 1 heterocycles. The Morgan fingerprint density at radius 3 is 2.75 bits per heavy atom. The third-order valence-electron chi connectivity index (χ3n) is 3.26. The van der Waals surface area contributed by atoms with E-state index in [1.54, 1.807) is 12.1 Å². The summed E-state index contributed by atoms with van der Waals surface area (Å²) in [6.45, 7) is 6.14. The molecule has 0 saturated carbocycles. The first-order valence-corrected chi connectivity index (χ1v) is 8.43. The molecule has 24 heavy (non-hydrogen) atoms. The number of halogens is 1. The van der Waals surface area contributed by atoms with Crippen LogP contribution in [0.2, 0.25) is 5.02 Å². The van der Waals surface area contributed by atoms with Gasteiger partial charge < -0.3 is 4.74 Å². The van der Waals surface area contributed by atoms with E-state index in [-0.39, 0.29) is 12.0 Å². The maximum atomic E-state index is 12.6. The Kier molecular flexibility index (Phi) is 5.47. The van der Waals surface area contributed by atoms with Crippen LogP contribution >= 0.6 is 23.1 Å². The topological polar surface area (TPSA) is 67.4 Å². The van der Waals surface area contributed by atoms with Gasteiger partial charge in [-0.05, 0) is 50.5 Å². The molecule has 2 aromatic rings. The van der Waals surface area contributed by atoms with Crippen molar-refractivity contribution in [3.63, 3.8) is 0 Å². The molecule has 0 unspecified atom stereocenters. The minimum absolute atomic E-state index is 0.153. The van der Waals surface area contributed by atoms with E-state index < -0.39 is 5.91 Å². The Balaban J connectivity index is 2.55.